The molecule has 0 aliphatic carbocycles. The summed E-state index contributed by atoms with van der Waals surface area (Å²) in [5.41, 5.74) is 0.247. The predicted octanol–water partition coefficient (Wildman–Crippen LogP) is 2.20. The van der Waals surface area contributed by atoms with E-state index in [0.717, 1.165) is 0 Å². The van der Waals surface area contributed by atoms with E-state index in [1.165, 1.54) is 19.2 Å². The van der Waals surface area contributed by atoms with Crippen molar-refractivity contribution >= 4 is 29.4 Å². The number of amides is 1. The fourth-order valence-corrected chi connectivity index (χ4v) is 2.03. The molecule has 0 spiro atoms. The summed E-state index contributed by atoms with van der Waals surface area (Å²) in [6, 6.07) is 5.43. The molecular formula is C16H20ClNO5. The Morgan fingerprint density at radius 3 is 2.57 bits per heavy atom. The van der Waals surface area contributed by atoms with Crippen molar-refractivity contribution < 1.29 is 23.9 Å². The number of halogens is 1. The first kappa shape index (κ1) is 19.0. The highest BCUT2D eigenvalue weighted by molar-refractivity contribution is 6.30. The second kappa shape index (κ2) is 9.15. The first-order chi connectivity index (χ1) is 10.9. The van der Waals surface area contributed by atoms with Crippen LogP contribution in [0.1, 0.15) is 30.6 Å². The van der Waals surface area contributed by atoms with Crippen LogP contribution in [0.5, 0.6) is 0 Å². The Labute approximate surface area is 140 Å². The first-order valence-corrected chi connectivity index (χ1v) is 7.56. The van der Waals surface area contributed by atoms with Crippen molar-refractivity contribution in [1.82, 2.24) is 5.32 Å². The number of ether oxygens (including phenoxy) is 2. The van der Waals surface area contributed by atoms with E-state index in [0.29, 0.717) is 11.4 Å². The maximum Gasteiger partial charge on any atom is 0.338 e. The maximum absolute atomic E-state index is 11.9. The summed E-state index contributed by atoms with van der Waals surface area (Å²) in [6.45, 7) is 3.22. The Morgan fingerprint density at radius 1 is 1.30 bits per heavy atom. The monoisotopic (exact) mass is 341 g/mol. The van der Waals surface area contributed by atoms with Crippen molar-refractivity contribution in [2.45, 2.75) is 26.3 Å². The van der Waals surface area contributed by atoms with Gasteiger partial charge in [-0.15, -0.1) is 0 Å². The smallest absolute Gasteiger partial charge is 0.338 e. The molecule has 0 heterocycles. The Kier molecular flexibility index (Phi) is 7.54. The molecule has 0 aromatic heterocycles. The largest absolute Gasteiger partial charge is 0.467 e. The van der Waals surface area contributed by atoms with E-state index in [9.17, 15) is 14.4 Å². The van der Waals surface area contributed by atoms with Crippen LogP contribution in [0.4, 0.5) is 0 Å². The third kappa shape index (κ3) is 5.90. The van der Waals surface area contributed by atoms with Gasteiger partial charge in [-0.05, 0) is 24.1 Å². The summed E-state index contributed by atoms with van der Waals surface area (Å²) in [6.07, 6.45) is 0.683. The molecule has 0 aliphatic heterocycles. The molecule has 0 saturated heterocycles. The van der Waals surface area contributed by atoms with Crippen LogP contribution in [0, 0.1) is 5.92 Å². The number of esters is 2. The SMILES string of the molecule is CC[C@@H](C)[C@H](NC(=O)COC(=O)c1cccc(Cl)c1)C(=O)OC. The standard InChI is InChI=1S/C16H20ClNO5/c1-4-10(2)14(16(21)22-3)18-13(19)9-23-15(20)11-6-5-7-12(17)8-11/h5-8,10,14H,4,9H2,1-3H3,(H,18,19)/t10-,14+/m1/s1. The highest BCUT2D eigenvalue weighted by Gasteiger charge is 2.27. The van der Waals surface area contributed by atoms with Crippen LogP contribution in [0.25, 0.3) is 0 Å². The fraction of sp³-hybridized carbons (Fsp3) is 0.438. The minimum absolute atomic E-state index is 0.102. The van der Waals surface area contributed by atoms with E-state index in [1.54, 1.807) is 12.1 Å². The number of rotatable bonds is 7. The second-order valence-electron chi connectivity index (χ2n) is 5.04. The number of carbonyl (C=O) groups is 3. The topological polar surface area (TPSA) is 81.7 Å². The van der Waals surface area contributed by atoms with Gasteiger partial charge in [-0.1, -0.05) is 37.9 Å². The molecule has 1 aromatic rings. The van der Waals surface area contributed by atoms with E-state index in [-0.39, 0.29) is 11.5 Å². The number of nitrogens with one attached hydrogen (secondary N) is 1. The van der Waals surface area contributed by atoms with E-state index >= 15 is 0 Å². The lowest BCUT2D eigenvalue weighted by Gasteiger charge is -2.21. The maximum atomic E-state index is 11.9. The van der Waals surface area contributed by atoms with Gasteiger partial charge >= 0.3 is 11.9 Å². The van der Waals surface area contributed by atoms with Gasteiger partial charge in [-0.25, -0.2) is 9.59 Å². The second-order valence-corrected chi connectivity index (χ2v) is 5.48. The zero-order chi connectivity index (χ0) is 17.4. The van der Waals surface area contributed by atoms with Crippen molar-refractivity contribution in [3.63, 3.8) is 0 Å². The zero-order valence-electron chi connectivity index (χ0n) is 13.3. The molecule has 1 N–H and O–H groups in total. The summed E-state index contributed by atoms with van der Waals surface area (Å²) in [5, 5.41) is 2.91. The number of hydrogen-bond donors (Lipinski definition) is 1. The molecule has 0 bridgehead atoms. The van der Waals surface area contributed by atoms with E-state index in [1.807, 2.05) is 13.8 Å². The molecule has 6 nitrogen and oxygen atoms in total. The molecule has 2 atom stereocenters. The minimum Gasteiger partial charge on any atom is -0.467 e. The lowest BCUT2D eigenvalue weighted by molar-refractivity contribution is -0.147. The zero-order valence-corrected chi connectivity index (χ0v) is 14.1. The Morgan fingerprint density at radius 2 is 2.00 bits per heavy atom. The van der Waals surface area contributed by atoms with Gasteiger partial charge in [0.05, 0.1) is 12.7 Å². The number of benzene rings is 1. The highest BCUT2D eigenvalue weighted by Crippen LogP contribution is 2.12. The summed E-state index contributed by atoms with van der Waals surface area (Å²) < 4.78 is 9.58. The van der Waals surface area contributed by atoms with E-state index in [2.05, 4.69) is 10.1 Å². The lowest BCUT2D eigenvalue weighted by atomic mass is 9.99. The predicted molar refractivity (Wildman–Crippen MR) is 85.1 cm³/mol. The normalized spacial score (nSPS) is 12.9. The quantitative estimate of drug-likeness (QED) is 0.769. The summed E-state index contributed by atoms with van der Waals surface area (Å²) in [7, 11) is 1.25. The molecule has 0 fully saturated rings. The van der Waals surface area contributed by atoms with Gasteiger partial charge in [-0.3, -0.25) is 4.79 Å². The van der Waals surface area contributed by atoms with Gasteiger partial charge < -0.3 is 14.8 Å². The van der Waals surface area contributed by atoms with Crippen molar-refractivity contribution in [2.24, 2.45) is 5.92 Å². The van der Waals surface area contributed by atoms with E-state index < -0.39 is 30.5 Å². The van der Waals surface area contributed by atoms with Crippen molar-refractivity contribution in [3.05, 3.63) is 34.9 Å². The first-order valence-electron chi connectivity index (χ1n) is 7.18. The summed E-state index contributed by atoms with van der Waals surface area (Å²) >= 11 is 5.78. The van der Waals surface area contributed by atoms with Crippen molar-refractivity contribution in [2.75, 3.05) is 13.7 Å². The number of methoxy groups -OCH3 is 1. The summed E-state index contributed by atoms with van der Waals surface area (Å²) in [5.74, 6) is -1.87. The molecular weight excluding hydrogens is 322 g/mol. The average molecular weight is 342 g/mol. The van der Waals surface area contributed by atoms with Crippen molar-refractivity contribution in [3.8, 4) is 0 Å². The van der Waals surface area contributed by atoms with E-state index in [4.69, 9.17) is 16.3 Å². The third-order valence-electron chi connectivity index (χ3n) is 3.38. The molecule has 0 saturated carbocycles. The molecule has 1 aromatic carbocycles. The Hall–Kier alpha value is -2.08. The third-order valence-corrected chi connectivity index (χ3v) is 3.61. The van der Waals surface area contributed by atoms with Crippen LogP contribution in [-0.2, 0) is 19.1 Å². The van der Waals surface area contributed by atoms with Gasteiger partial charge in [0, 0.05) is 5.02 Å². The van der Waals surface area contributed by atoms with Gasteiger partial charge in [0.15, 0.2) is 6.61 Å². The van der Waals surface area contributed by atoms with Gasteiger partial charge in [0.25, 0.3) is 5.91 Å². The van der Waals surface area contributed by atoms with Crippen LogP contribution in [0.2, 0.25) is 5.02 Å². The lowest BCUT2D eigenvalue weighted by Crippen LogP contribution is -2.47. The Bertz CT molecular complexity index is 575. The van der Waals surface area contributed by atoms with Crippen LogP contribution >= 0.6 is 11.6 Å². The molecule has 0 radical (unpaired) electrons. The van der Waals surface area contributed by atoms with Crippen LogP contribution < -0.4 is 5.32 Å². The minimum atomic E-state index is -0.776. The molecule has 7 heteroatoms. The molecule has 0 unspecified atom stereocenters. The average Bonchev–Trinajstić information content (AvgIpc) is 2.56. The molecule has 1 rings (SSSR count). The van der Waals surface area contributed by atoms with Gasteiger partial charge in [-0.2, -0.15) is 0 Å². The number of carbonyl (C=O) groups excluding carboxylic acids is 3. The molecule has 23 heavy (non-hydrogen) atoms. The molecule has 1 amide bonds. The Balaban J connectivity index is 2.58. The van der Waals surface area contributed by atoms with Crippen LogP contribution in [0.3, 0.4) is 0 Å². The van der Waals surface area contributed by atoms with Crippen molar-refractivity contribution in [1.29, 1.82) is 0 Å². The molecule has 0 aliphatic rings. The van der Waals surface area contributed by atoms with Crippen LogP contribution in [0.15, 0.2) is 24.3 Å². The molecule has 126 valence electrons. The van der Waals surface area contributed by atoms with Crippen LogP contribution in [-0.4, -0.2) is 37.6 Å². The number of hydrogen-bond acceptors (Lipinski definition) is 5. The fourth-order valence-electron chi connectivity index (χ4n) is 1.84. The highest BCUT2D eigenvalue weighted by atomic mass is 35.5. The summed E-state index contributed by atoms with van der Waals surface area (Å²) in [4.78, 5) is 35.4. The van der Waals surface area contributed by atoms with Gasteiger partial charge in [0.1, 0.15) is 6.04 Å². The van der Waals surface area contributed by atoms with Gasteiger partial charge in [0.2, 0.25) is 0 Å².